The van der Waals surface area contributed by atoms with Crippen LogP contribution in [0.5, 0.6) is 5.88 Å². The molecule has 2 aromatic carbocycles. The number of benzene rings is 2. The van der Waals surface area contributed by atoms with Gasteiger partial charge < -0.3 is 5.11 Å². The number of halogens is 2. The molecule has 0 aliphatic heterocycles. The predicted molar refractivity (Wildman–Crippen MR) is 85.4 cm³/mol. The largest absolute Gasteiger partial charge is 0.494 e. The van der Waals surface area contributed by atoms with E-state index in [1.807, 2.05) is 0 Å². The van der Waals surface area contributed by atoms with E-state index in [9.17, 15) is 14.3 Å². The second kappa shape index (κ2) is 4.82. The topological polar surface area (TPSA) is 70.4 Å². The Morgan fingerprint density at radius 3 is 2.70 bits per heavy atom. The second-order valence-corrected chi connectivity index (χ2v) is 5.42. The molecular formula is C16H9ClFN3O2. The highest BCUT2D eigenvalue weighted by Gasteiger charge is 2.21. The van der Waals surface area contributed by atoms with E-state index < -0.39 is 17.3 Å². The van der Waals surface area contributed by atoms with Gasteiger partial charge in [-0.05, 0) is 24.3 Å². The standard InChI is InChI=1S/C16H9ClFN3O2/c17-8-4-3-5-9(18)12(8)13-14(22)20-16-19-10-6-1-2-7-11(10)21(16)15(13)23/h1-7,23H,(H,19,20,22). The van der Waals surface area contributed by atoms with Gasteiger partial charge in [0.15, 0.2) is 0 Å². The number of nitrogens with zero attached hydrogens (tertiary/aromatic N) is 2. The molecule has 4 aromatic rings. The Morgan fingerprint density at radius 2 is 1.91 bits per heavy atom. The smallest absolute Gasteiger partial charge is 0.264 e. The number of aromatic nitrogens is 3. The maximum atomic E-state index is 14.2. The molecule has 7 heteroatoms. The average molecular weight is 330 g/mol. The molecule has 2 N–H and O–H groups in total. The number of fused-ring (bicyclic) bond motifs is 3. The molecule has 23 heavy (non-hydrogen) atoms. The third-order valence-corrected chi connectivity index (χ3v) is 3.98. The van der Waals surface area contributed by atoms with Crippen LogP contribution in [0.4, 0.5) is 4.39 Å². The van der Waals surface area contributed by atoms with Crippen LogP contribution in [0.25, 0.3) is 27.9 Å². The van der Waals surface area contributed by atoms with Gasteiger partial charge in [0.2, 0.25) is 11.7 Å². The fourth-order valence-corrected chi connectivity index (χ4v) is 2.92. The monoisotopic (exact) mass is 329 g/mol. The van der Waals surface area contributed by atoms with Gasteiger partial charge in [0.25, 0.3) is 5.56 Å². The lowest BCUT2D eigenvalue weighted by atomic mass is 10.1. The van der Waals surface area contributed by atoms with Gasteiger partial charge in [-0.1, -0.05) is 29.8 Å². The number of para-hydroxylation sites is 2. The minimum Gasteiger partial charge on any atom is -0.494 e. The van der Waals surface area contributed by atoms with Crippen LogP contribution < -0.4 is 5.56 Å². The lowest BCUT2D eigenvalue weighted by Gasteiger charge is -2.09. The number of rotatable bonds is 1. The van der Waals surface area contributed by atoms with Gasteiger partial charge in [-0.25, -0.2) is 13.8 Å². The van der Waals surface area contributed by atoms with Crippen molar-refractivity contribution in [2.75, 3.05) is 0 Å². The maximum Gasteiger partial charge on any atom is 0.264 e. The number of H-pyrrole nitrogens is 1. The molecule has 0 amide bonds. The molecule has 0 spiro atoms. The summed E-state index contributed by atoms with van der Waals surface area (Å²) in [5, 5.41) is 10.6. The van der Waals surface area contributed by atoms with Crippen molar-refractivity contribution in [1.29, 1.82) is 0 Å². The molecule has 0 unspecified atom stereocenters. The summed E-state index contributed by atoms with van der Waals surface area (Å²) in [6, 6.07) is 11.1. The Hall–Kier alpha value is -2.86. The van der Waals surface area contributed by atoms with Crippen molar-refractivity contribution in [2.45, 2.75) is 0 Å². The Balaban J connectivity index is 2.20. The molecule has 4 rings (SSSR count). The second-order valence-electron chi connectivity index (χ2n) is 5.01. The van der Waals surface area contributed by atoms with Gasteiger partial charge in [0.05, 0.1) is 16.1 Å². The molecule has 0 fully saturated rings. The number of aromatic amines is 1. The van der Waals surface area contributed by atoms with Crippen LogP contribution in [0, 0.1) is 5.82 Å². The van der Waals surface area contributed by atoms with E-state index in [0.29, 0.717) is 11.0 Å². The first kappa shape index (κ1) is 13.8. The molecule has 5 nitrogen and oxygen atoms in total. The summed E-state index contributed by atoms with van der Waals surface area (Å²) >= 11 is 6.02. The zero-order chi connectivity index (χ0) is 16.1. The van der Waals surface area contributed by atoms with E-state index in [-0.39, 0.29) is 21.9 Å². The molecule has 0 radical (unpaired) electrons. The molecule has 0 saturated carbocycles. The van der Waals surface area contributed by atoms with Gasteiger partial charge in [0, 0.05) is 5.56 Å². The number of nitrogens with one attached hydrogen (secondary N) is 1. The Kier molecular flexibility index (Phi) is 2.89. The van der Waals surface area contributed by atoms with E-state index in [0.717, 1.165) is 0 Å². The molecule has 2 aromatic heterocycles. The van der Waals surface area contributed by atoms with Gasteiger partial charge >= 0.3 is 0 Å². The van der Waals surface area contributed by atoms with Crippen LogP contribution in [0.15, 0.2) is 47.3 Å². The van der Waals surface area contributed by atoms with E-state index >= 15 is 0 Å². The third-order valence-electron chi connectivity index (χ3n) is 3.66. The van der Waals surface area contributed by atoms with Crippen molar-refractivity contribution in [3.8, 4) is 17.0 Å². The van der Waals surface area contributed by atoms with Gasteiger partial charge in [-0.3, -0.25) is 9.78 Å². The third kappa shape index (κ3) is 1.92. The van der Waals surface area contributed by atoms with E-state index in [4.69, 9.17) is 11.6 Å². The Labute approximate surface area is 133 Å². The summed E-state index contributed by atoms with van der Waals surface area (Å²) in [5.74, 6) is -0.934. The first-order valence-electron chi connectivity index (χ1n) is 6.75. The predicted octanol–water partition coefficient (Wildman–Crippen LogP) is 3.34. The Bertz CT molecular complexity index is 1110. The number of hydrogen-bond acceptors (Lipinski definition) is 3. The van der Waals surface area contributed by atoms with Crippen LogP contribution >= 0.6 is 11.6 Å². The highest BCUT2D eigenvalue weighted by Crippen LogP contribution is 2.34. The molecule has 0 aliphatic rings. The van der Waals surface area contributed by atoms with Gasteiger partial charge in [-0.2, -0.15) is 0 Å². The fraction of sp³-hybridized carbons (Fsp3) is 0. The van der Waals surface area contributed by atoms with Crippen LogP contribution in [-0.2, 0) is 0 Å². The first-order valence-corrected chi connectivity index (χ1v) is 7.12. The molecule has 0 atom stereocenters. The highest BCUT2D eigenvalue weighted by molar-refractivity contribution is 6.33. The van der Waals surface area contributed by atoms with Crippen molar-refractivity contribution >= 4 is 28.4 Å². The lowest BCUT2D eigenvalue weighted by Crippen LogP contribution is -2.13. The van der Waals surface area contributed by atoms with E-state index in [1.54, 1.807) is 24.3 Å². The summed E-state index contributed by atoms with van der Waals surface area (Å²) in [6.07, 6.45) is 0. The summed E-state index contributed by atoms with van der Waals surface area (Å²) < 4.78 is 15.5. The fourth-order valence-electron chi connectivity index (χ4n) is 2.66. The van der Waals surface area contributed by atoms with Crippen molar-refractivity contribution < 1.29 is 9.50 Å². The summed E-state index contributed by atoms with van der Waals surface area (Å²) in [6.45, 7) is 0. The molecule has 0 bridgehead atoms. The molecule has 2 heterocycles. The number of aromatic hydroxyl groups is 1. The molecule has 0 aliphatic carbocycles. The maximum absolute atomic E-state index is 14.2. The first-order chi connectivity index (χ1) is 11.1. The zero-order valence-corrected chi connectivity index (χ0v) is 12.3. The lowest BCUT2D eigenvalue weighted by molar-refractivity contribution is 0.448. The SMILES string of the molecule is O=c1[nH]c2nc3ccccc3n2c(O)c1-c1c(F)cccc1Cl. The quantitative estimate of drug-likeness (QED) is 0.562. The average Bonchev–Trinajstić information content (AvgIpc) is 2.88. The van der Waals surface area contributed by atoms with Crippen molar-refractivity contribution in [1.82, 2.24) is 14.4 Å². The van der Waals surface area contributed by atoms with Crippen molar-refractivity contribution in [2.24, 2.45) is 0 Å². The highest BCUT2D eigenvalue weighted by atomic mass is 35.5. The van der Waals surface area contributed by atoms with Crippen LogP contribution in [0.3, 0.4) is 0 Å². The van der Waals surface area contributed by atoms with Crippen LogP contribution in [0.1, 0.15) is 0 Å². The van der Waals surface area contributed by atoms with E-state index in [1.165, 1.54) is 22.6 Å². The zero-order valence-electron chi connectivity index (χ0n) is 11.5. The summed E-state index contributed by atoms with van der Waals surface area (Å²) in [7, 11) is 0. The van der Waals surface area contributed by atoms with Crippen LogP contribution in [-0.4, -0.2) is 19.5 Å². The van der Waals surface area contributed by atoms with Crippen molar-refractivity contribution in [3.05, 3.63) is 63.7 Å². The minimum absolute atomic E-state index is 0.0366. The number of hydrogen-bond donors (Lipinski definition) is 2. The normalized spacial score (nSPS) is 11.4. The molecular weight excluding hydrogens is 321 g/mol. The summed E-state index contributed by atoms with van der Waals surface area (Å²) in [5.41, 5.74) is 0.133. The Morgan fingerprint density at radius 1 is 1.13 bits per heavy atom. The van der Waals surface area contributed by atoms with Gasteiger partial charge in [-0.15, -0.1) is 0 Å². The summed E-state index contributed by atoms with van der Waals surface area (Å²) in [4.78, 5) is 19.1. The van der Waals surface area contributed by atoms with E-state index in [2.05, 4.69) is 9.97 Å². The number of imidazole rings is 1. The van der Waals surface area contributed by atoms with Crippen LogP contribution in [0.2, 0.25) is 5.02 Å². The molecule has 0 saturated heterocycles. The van der Waals surface area contributed by atoms with Crippen molar-refractivity contribution in [3.63, 3.8) is 0 Å². The van der Waals surface area contributed by atoms with Gasteiger partial charge in [0.1, 0.15) is 11.4 Å². The molecule has 114 valence electrons. The minimum atomic E-state index is -0.693.